The highest BCUT2D eigenvalue weighted by Gasteiger charge is 2.25. The summed E-state index contributed by atoms with van der Waals surface area (Å²) in [6, 6.07) is 14.2. The number of anilines is 1. The standard InChI is InChI=1S/C20H20BrN3O3/c1-14(25)22-18-7-3-5-16(13-18)20(27)24-10-8-23(9-11-24)19(26)15-4-2-6-17(21)12-15/h2-7,12-13H,8-11H2,1H3,(H,22,25). The number of amides is 3. The molecule has 0 bridgehead atoms. The van der Waals surface area contributed by atoms with Gasteiger partial charge < -0.3 is 15.1 Å². The summed E-state index contributed by atoms with van der Waals surface area (Å²) >= 11 is 3.38. The van der Waals surface area contributed by atoms with Gasteiger partial charge in [-0.1, -0.05) is 28.1 Å². The number of carbonyl (C=O) groups excluding carboxylic acids is 3. The van der Waals surface area contributed by atoms with Crippen molar-refractivity contribution < 1.29 is 14.4 Å². The molecular weight excluding hydrogens is 410 g/mol. The normalized spacial score (nSPS) is 14.0. The minimum atomic E-state index is -0.181. The van der Waals surface area contributed by atoms with Gasteiger partial charge in [-0.05, 0) is 36.4 Å². The second-order valence-electron chi connectivity index (χ2n) is 6.36. The number of nitrogens with zero attached hydrogens (tertiary/aromatic N) is 2. The molecule has 140 valence electrons. The van der Waals surface area contributed by atoms with E-state index in [1.54, 1.807) is 46.2 Å². The van der Waals surface area contributed by atoms with E-state index in [1.165, 1.54) is 6.92 Å². The summed E-state index contributed by atoms with van der Waals surface area (Å²) in [6.45, 7) is 3.35. The summed E-state index contributed by atoms with van der Waals surface area (Å²) < 4.78 is 0.862. The molecule has 1 saturated heterocycles. The summed E-state index contributed by atoms with van der Waals surface area (Å²) in [4.78, 5) is 40.0. The molecule has 2 aromatic carbocycles. The van der Waals surface area contributed by atoms with Crippen LogP contribution in [-0.2, 0) is 4.79 Å². The van der Waals surface area contributed by atoms with Gasteiger partial charge in [0.05, 0.1) is 0 Å². The van der Waals surface area contributed by atoms with E-state index in [0.29, 0.717) is 43.0 Å². The van der Waals surface area contributed by atoms with E-state index < -0.39 is 0 Å². The number of halogens is 1. The molecule has 2 aromatic rings. The van der Waals surface area contributed by atoms with Crippen LogP contribution in [0.1, 0.15) is 27.6 Å². The molecule has 1 N–H and O–H groups in total. The van der Waals surface area contributed by atoms with E-state index in [2.05, 4.69) is 21.2 Å². The predicted octanol–water partition coefficient (Wildman–Crippen LogP) is 3.01. The molecular formula is C20H20BrN3O3. The Balaban J connectivity index is 1.62. The molecule has 6 nitrogen and oxygen atoms in total. The monoisotopic (exact) mass is 429 g/mol. The number of piperazine rings is 1. The maximum Gasteiger partial charge on any atom is 0.254 e. The molecule has 3 amide bonds. The number of nitrogens with one attached hydrogen (secondary N) is 1. The molecule has 27 heavy (non-hydrogen) atoms. The highest BCUT2D eigenvalue weighted by atomic mass is 79.9. The zero-order valence-corrected chi connectivity index (χ0v) is 16.5. The maximum atomic E-state index is 12.7. The average Bonchev–Trinajstić information content (AvgIpc) is 2.66. The Morgan fingerprint density at radius 3 is 1.89 bits per heavy atom. The zero-order valence-electron chi connectivity index (χ0n) is 14.9. The zero-order chi connectivity index (χ0) is 19.4. The molecule has 0 aliphatic carbocycles. The van der Waals surface area contributed by atoms with E-state index in [4.69, 9.17) is 0 Å². The fourth-order valence-corrected chi connectivity index (χ4v) is 3.43. The van der Waals surface area contributed by atoms with Crippen molar-refractivity contribution in [3.8, 4) is 0 Å². The lowest BCUT2D eigenvalue weighted by Crippen LogP contribution is -2.50. The minimum absolute atomic E-state index is 0.0314. The Morgan fingerprint density at radius 2 is 1.37 bits per heavy atom. The lowest BCUT2D eigenvalue weighted by atomic mass is 10.1. The number of rotatable bonds is 3. The van der Waals surface area contributed by atoms with Crippen molar-refractivity contribution in [3.05, 3.63) is 64.1 Å². The van der Waals surface area contributed by atoms with Crippen molar-refractivity contribution in [2.75, 3.05) is 31.5 Å². The molecule has 1 fully saturated rings. The van der Waals surface area contributed by atoms with Crippen LogP contribution in [0.15, 0.2) is 53.0 Å². The van der Waals surface area contributed by atoms with Gasteiger partial charge in [0.25, 0.3) is 11.8 Å². The molecule has 1 aliphatic heterocycles. The Labute approximate surface area is 166 Å². The summed E-state index contributed by atoms with van der Waals surface area (Å²) in [7, 11) is 0. The van der Waals surface area contributed by atoms with Crippen molar-refractivity contribution in [1.82, 2.24) is 9.80 Å². The smallest absolute Gasteiger partial charge is 0.254 e. The quantitative estimate of drug-likeness (QED) is 0.814. The molecule has 0 saturated carbocycles. The SMILES string of the molecule is CC(=O)Nc1cccc(C(=O)N2CCN(C(=O)c3cccc(Br)c3)CC2)c1. The first-order valence-electron chi connectivity index (χ1n) is 8.66. The molecule has 1 aliphatic rings. The fraction of sp³-hybridized carbons (Fsp3) is 0.250. The summed E-state index contributed by atoms with van der Waals surface area (Å²) in [5.74, 6) is -0.313. The lowest BCUT2D eigenvalue weighted by Gasteiger charge is -2.35. The van der Waals surface area contributed by atoms with Gasteiger partial charge in [0.15, 0.2) is 0 Å². The van der Waals surface area contributed by atoms with E-state index in [9.17, 15) is 14.4 Å². The van der Waals surface area contributed by atoms with Crippen molar-refractivity contribution in [3.63, 3.8) is 0 Å². The Kier molecular flexibility index (Phi) is 5.91. The highest BCUT2D eigenvalue weighted by molar-refractivity contribution is 9.10. The summed E-state index contributed by atoms with van der Waals surface area (Å²) in [5, 5.41) is 2.68. The lowest BCUT2D eigenvalue weighted by molar-refractivity contribution is -0.114. The average molecular weight is 430 g/mol. The highest BCUT2D eigenvalue weighted by Crippen LogP contribution is 2.17. The first kappa shape index (κ1) is 19.1. The van der Waals surface area contributed by atoms with Crippen LogP contribution in [0.4, 0.5) is 5.69 Å². The van der Waals surface area contributed by atoms with E-state index >= 15 is 0 Å². The van der Waals surface area contributed by atoms with Crippen LogP contribution in [-0.4, -0.2) is 53.7 Å². The summed E-state index contributed by atoms with van der Waals surface area (Å²) in [5.41, 5.74) is 1.75. The van der Waals surface area contributed by atoms with Crippen LogP contribution in [0.2, 0.25) is 0 Å². The predicted molar refractivity (Wildman–Crippen MR) is 107 cm³/mol. The molecule has 0 atom stereocenters. The van der Waals surface area contributed by atoms with Gasteiger partial charge >= 0.3 is 0 Å². The minimum Gasteiger partial charge on any atom is -0.335 e. The first-order valence-corrected chi connectivity index (χ1v) is 9.45. The summed E-state index contributed by atoms with van der Waals surface area (Å²) in [6.07, 6.45) is 0. The molecule has 0 radical (unpaired) electrons. The fourth-order valence-electron chi connectivity index (χ4n) is 3.03. The van der Waals surface area contributed by atoms with Gasteiger partial charge in [-0.2, -0.15) is 0 Å². The van der Waals surface area contributed by atoms with Gasteiger partial charge in [0.2, 0.25) is 5.91 Å². The second-order valence-corrected chi connectivity index (χ2v) is 7.27. The molecule has 0 spiro atoms. The van der Waals surface area contributed by atoms with Gasteiger partial charge in [-0.15, -0.1) is 0 Å². The molecule has 1 heterocycles. The van der Waals surface area contributed by atoms with Crippen molar-refractivity contribution in [2.45, 2.75) is 6.92 Å². The third-order valence-electron chi connectivity index (χ3n) is 4.36. The largest absolute Gasteiger partial charge is 0.335 e. The van der Waals surface area contributed by atoms with Gasteiger partial charge in [-0.25, -0.2) is 0 Å². The van der Waals surface area contributed by atoms with Crippen LogP contribution in [0.5, 0.6) is 0 Å². The van der Waals surface area contributed by atoms with Crippen molar-refractivity contribution >= 4 is 39.3 Å². The Morgan fingerprint density at radius 1 is 0.852 bits per heavy atom. The van der Waals surface area contributed by atoms with Gasteiger partial charge in [0.1, 0.15) is 0 Å². The topological polar surface area (TPSA) is 69.7 Å². The van der Waals surface area contributed by atoms with Crippen LogP contribution >= 0.6 is 15.9 Å². The van der Waals surface area contributed by atoms with Crippen LogP contribution in [0.25, 0.3) is 0 Å². The van der Waals surface area contributed by atoms with Crippen molar-refractivity contribution in [2.24, 2.45) is 0 Å². The number of carbonyl (C=O) groups is 3. The number of hydrogen-bond acceptors (Lipinski definition) is 3. The third-order valence-corrected chi connectivity index (χ3v) is 4.85. The van der Waals surface area contributed by atoms with Crippen LogP contribution in [0, 0.1) is 0 Å². The first-order chi connectivity index (χ1) is 12.9. The molecule has 7 heteroatoms. The van der Waals surface area contributed by atoms with Crippen LogP contribution < -0.4 is 5.32 Å². The van der Waals surface area contributed by atoms with E-state index in [0.717, 1.165) is 4.47 Å². The molecule has 0 aromatic heterocycles. The third kappa shape index (κ3) is 4.74. The number of hydrogen-bond donors (Lipinski definition) is 1. The van der Waals surface area contributed by atoms with Crippen molar-refractivity contribution in [1.29, 1.82) is 0 Å². The van der Waals surface area contributed by atoms with Gasteiger partial charge in [0, 0.05) is 54.4 Å². The van der Waals surface area contributed by atoms with E-state index in [1.807, 2.05) is 12.1 Å². The van der Waals surface area contributed by atoms with Crippen LogP contribution in [0.3, 0.4) is 0 Å². The maximum absolute atomic E-state index is 12.7. The van der Waals surface area contributed by atoms with Gasteiger partial charge in [-0.3, -0.25) is 14.4 Å². The Bertz CT molecular complexity index is 876. The second kappa shape index (κ2) is 8.35. The van der Waals surface area contributed by atoms with E-state index in [-0.39, 0.29) is 17.7 Å². The molecule has 3 rings (SSSR count). The number of benzene rings is 2. The molecule has 0 unspecified atom stereocenters. The Hall–Kier alpha value is -2.67.